The van der Waals surface area contributed by atoms with Crippen molar-refractivity contribution < 1.29 is 53.5 Å². The van der Waals surface area contributed by atoms with Crippen LogP contribution in [0.5, 0.6) is 28.7 Å². The number of aromatic nitrogens is 4. The molecule has 110 heavy (non-hydrogen) atoms. The number of phenolic OH excluding ortho intramolecular Hbond substituents is 2. The number of primary amides is 1. The van der Waals surface area contributed by atoms with E-state index in [1.54, 1.807) is 171 Å². The van der Waals surface area contributed by atoms with Crippen LogP contribution in [0, 0.1) is 13.5 Å². The van der Waals surface area contributed by atoms with Crippen molar-refractivity contribution in [2.75, 3.05) is 34.5 Å². The summed E-state index contributed by atoms with van der Waals surface area (Å²) in [5, 5.41) is 71.9. The van der Waals surface area contributed by atoms with Gasteiger partial charge in [0, 0.05) is 64.4 Å². The molecule has 0 radical (unpaired) electrons. The Morgan fingerprint density at radius 1 is 0.536 bits per heavy atom. The first-order chi connectivity index (χ1) is 53.5. The number of anilines is 4. The Morgan fingerprint density at radius 3 is 1.59 bits per heavy atom. The molecule has 28 heteroatoms. The summed E-state index contributed by atoms with van der Waals surface area (Å²) < 4.78 is 21.3. The third kappa shape index (κ3) is 19.8. The number of aliphatic hydroxyl groups excluding tert-OH is 1. The number of nitrogens with zero attached hydrogens (tertiary/aromatic N) is 11. The molecule has 548 valence electrons. The molecule has 5 amide bonds. The molecular formula is C82H68N16O11S. The molecule has 13 aromatic rings. The molecule has 0 fully saturated rings. The van der Waals surface area contributed by atoms with E-state index in [-0.39, 0.29) is 81.1 Å². The van der Waals surface area contributed by atoms with Crippen molar-refractivity contribution in [3.63, 3.8) is 0 Å². The topological polar surface area (TPSA) is 378 Å². The van der Waals surface area contributed by atoms with E-state index in [0.717, 1.165) is 47.1 Å². The first-order valence-corrected chi connectivity index (χ1v) is 34.7. The highest BCUT2D eigenvalue weighted by Crippen LogP contribution is 2.45. The minimum atomic E-state index is -0.713. The number of phenols is 2. The van der Waals surface area contributed by atoms with Gasteiger partial charge in [0.25, 0.3) is 29.6 Å². The van der Waals surface area contributed by atoms with E-state index in [2.05, 4.69) is 82.7 Å². The summed E-state index contributed by atoms with van der Waals surface area (Å²) in [5.41, 5.74) is 10.2. The van der Waals surface area contributed by atoms with Gasteiger partial charge >= 0.3 is 0 Å². The first kappa shape index (κ1) is 76.3. The third-order valence-corrected chi connectivity index (χ3v) is 17.0. The van der Waals surface area contributed by atoms with Gasteiger partial charge in [-0.2, -0.15) is 0 Å². The van der Waals surface area contributed by atoms with Crippen LogP contribution in [-0.4, -0.2) is 77.4 Å². The highest BCUT2D eigenvalue weighted by atomic mass is 32.1. The number of rotatable bonds is 25. The number of benzene rings is 10. The number of nitrogens with two attached hydrogens (primary N) is 1. The summed E-state index contributed by atoms with van der Waals surface area (Å²) in [6.07, 6.45) is 8.82. The predicted octanol–water partition coefficient (Wildman–Crippen LogP) is 19.5. The summed E-state index contributed by atoms with van der Waals surface area (Å²) in [7, 11) is 0. The molecule has 0 saturated carbocycles. The SMILES string of the molecule is C=COCCCCCOc1ccc(NC(=O)c2cc3ccccc3c(N=Nc3ncccc3C(N)=O)c2O)cc1.CC(=O)Nc1ccc(Oc2c(C(=O)Nc3ccccc3)cc3ccccc3c2N=Nc2ncccn2)cc1.[C-]#[N+]c1c(C)nsc1N=Nc1c(O)c(C(=O)Nc2ccc(CO)cc2)cc2ccccc12. The third-order valence-electron chi connectivity index (χ3n) is 16.2. The molecule has 10 aromatic carbocycles. The molecule has 9 N–H and O–H groups in total. The number of azo groups is 3. The summed E-state index contributed by atoms with van der Waals surface area (Å²) in [4.78, 5) is 78.5. The molecule has 13 rings (SSSR count). The smallest absolute Gasteiger partial charge is 0.268 e. The van der Waals surface area contributed by atoms with Crippen LogP contribution in [0.15, 0.2) is 274 Å². The number of hydrogen-bond acceptors (Lipinski definition) is 22. The molecule has 0 spiro atoms. The summed E-state index contributed by atoms with van der Waals surface area (Å²) >= 11 is 1.04. The number of pyridine rings is 1. The van der Waals surface area contributed by atoms with Crippen molar-refractivity contribution in [1.82, 2.24) is 19.3 Å². The molecule has 0 unspecified atom stereocenters. The molecule has 0 saturated heterocycles. The fourth-order valence-corrected chi connectivity index (χ4v) is 11.5. The second-order valence-electron chi connectivity index (χ2n) is 23.8. The first-order valence-electron chi connectivity index (χ1n) is 33.9. The average molecular weight is 1490 g/mol. The minimum Gasteiger partial charge on any atom is -0.505 e. The quantitative estimate of drug-likeness (QED) is 0.0114. The van der Waals surface area contributed by atoms with Gasteiger partial charge in [-0.25, -0.2) is 24.2 Å². The van der Waals surface area contributed by atoms with Gasteiger partial charge in [-0.1, -0.05) is 110 Å². The Bertz CT molecular complexity index is 5650. The monoisotopic (exact) mass is 1480 g/mol. The summed E-state index contributed by atoms with van der Waals surface area (Å²) in [6.45, 7) is 15.1. The van der Waals surface area contributed by atoms with Gasteiger partial charge in [-0.05, 0) is 169 Å². The number of nitrogens with one attached hydrogen (secondary N) is 4. The zero-order chi connectivity index (χ0) is 77.3. The van der Waals surface area contributed by atoms with Crippen LogP contribution in [0.25, 0.3) is 37.2 Å². The van der Waals surface area contributed by atoms with E-state index < -0.39 is 17.7 Å². The van der Waals surface area contributed by atoms with Gasteiger partial charge in [-0.15, -0.1) is 30.7 Å². The van der Waals surface area contributed by atoms with Crippen LogP contribution < -0.4 is 36.5 Å². The lowest BCUT2D eigenvalue weighted by atomic mass is 10.0. The number of aryl methyl sites for hydroxylation is 1. The summed E-state index contributed by atoms with van der Waals surface area (Å²) in [5.74, 6) is -1.51. The van der Waals surface area contributed by atoms with Gasteiger partial charge in [0.05, 0.1) is 60.6 Å². The molecule has 3 aromatic heterocycles. The van der Waals surface area contributed by atoms with E-state index in [9.17, 15) is 34.2 Å². The number of unbranched alkanes of at least 4 members (excludes halogenated alkanes) is 2. The van der Waals surface area contributed by atoms with Crippen LogP contribution in [-0.2, 0) is 16.1 Å². The Kier molecular flexibility index (Phi) is 25.8. The maximum atomic E-state index is 13.5. The Balaban J connectivity index is 0.000000165. The molecule has 0 aliphatic heterocycles. The number of ether oxygens (including phenoxy) is 3. The van der Waals surface area contributed by atoms with E-state index >= 15 is 0 Å². The second kappa shape index (κ2) is 37.2. The van der Waals surface area contributed by atoms with Crippen LogP contribution in [0.4, 0.5) is 62.3 Å². The maximum absolute atomic E-state index is 13.5. The molecule has 3 heterocycles. The van der Waals surface area contributed by atoms with Crippen LogP contribution in [0.2, 0.25) is 0 Å². The lowest BCUT2D eigenvalue weighted by molar-refractivity contribution is -0.114. The van der Waals surface area contributed by atoms with Crippen LogP contribution >= 0.6 is 11.5 Å². The Hall–Kier alpha value is -14.8. The molecule has 0 aliphatic carbocycles. The van der Waals surface area contributed by atoms with Crippen LogP contribution in [0.3, 0.4) is 0 Å². The van der Waals surface area contributed by atoms with Crippen molar-refractivity contribution in [1.29, 1.82) is 0 Å². The minimum absolute atomic E-state index is 0.00245. The largest absolute Gasteiger partial charge is 0.505 e. The molecule has 0 atom stereocenters. The zero-order valence-electron chi connectivity index (χ0n) is 59.0. The number of carbonyl (C=O) groups excluding carboxylic acids is 5. The lowest BCUT2D eigenvalue weighted by Gasteiger charge is -2.16. The fraction of sp³-hybridized carbons (Fsp3) is 0.0976. The van der Waals surface area contributed by atoms with Crippen molar-refractivity contribution in [3.05, 3.63) is 289 Å². The Labute approximate surface area is 633 Å². The van der Waals surface area contributed by atoms with Crippen LogP contribution in [0.1, 0.15) is 78.9 Å². The number of amides is 5. The van der Waals surface area contributed by atoms with Gasteiger partial charge in [0.15, 0.2) is 28.1 Å². The number of aromatic hydroxyl groups is 2. The standard InChI is InChI=1S/C30H29N5O5.C29H22N6O3.C23H17N5O3S/c1-2-39-17-6-3-7-18-40-22-14-12-21(13-15-22)33-30(38)25-19-20-9-4-5-10-23(20)26(27(25)36)34-35-29-24(28(31)37)11-8-16-32-29;1-19(36)32-22-12-14-23(15-13-22)38-27-25(28(37)33-21-9-3-2-4-10-21)18-20-8-5-6-11-24(20)26(27)34-35-29-30-16-7-17-31-29;1-13-19(24-2)23(32-28-13)27-26-20-17-6-4-3-5-15(17)11-18(21(20)30)22(31)25-16-9-7-14(12-29)8-10-16/h2,4-5,8-16,19,36H,1,3,6-7,17-18H2,(H2,31,37)(H,33,38);2-18H,1H3,(H,32,36)(H,33,37);3-11,29-30H,12H2,1H3,(H,25,31). The number of para-hydroxylation sites is 1. The maximum Gasteiger partial charge on any atom is 0.268 e. The predicted molar refractivity (Wildman–Crippen MR) is 421 cm³/mol. The van der Waals surface area contributed by atoms with Gasteiger partial charge in [0.1, 0.15) is 28.6 Å². The van der Waals surface area contributed by atoms with E-state index in [1.165, 1.54) is 25.4 Å². The number of aliphatic hydroxyl groups is 1. The molecule has 0 aliphatic rings. The molecular weight excluding hydrogens is 1420 g/mol. The van der Waals surface area contributed by atoms with Gasteiger partial charge in [-0.3, -0.25) is 24.0 Å². The van der Waals surface area contributed by atoms with Crippen molar-refractivity contribution in [2.45, 2.75) is 39.7 Å². The van der Waals surface area contributed by atoms with E-state index in [4.69, 9.17) is 31.6 Å². The zero-order valence-corrected chi connectivity index (χ0v) is 59.8. The number of carbonyl (C=O) groups is 5. The number of fused-ring (bicyclic) bond motifs is 3. The van der Waals surface area contributed by atoms with Crippen molar-refractivity contribution in [2.24, 2.45) is 36.4 Å². The lowest BCUT2D eigenvalue weighted by Crippen LogP contribution is -2.13. The molecule has 0 bridgehead atoms. The normalized spacial score (nSPS) is 10.9. The van der Waals surface area contributed by atoms with E-state index in [0.29, 0.717) is 91.1 Å². The van der Waals surface area contributed by atoms with Crippen molar-refractivity contribution >= 4 is 136 Å². The number of hydrogen-bond donors (Lipinski definition) is 8. The second-order valence-corrected chi connectivity index (χ2v) is 24.5. The van der Waals surface area contributed by atoms with E-state index in [1.807, 2.05) is 54.6 Å². The Morgan fingerprint density at radius 2 is 1.03 bits per heavy atom. The highest BCUT2D eigenvalue weighted by molar-refractivity contribution is 7.10. The van der Waals surface area contributed by atoms with Gasteiger partial charge in [0.2, 0.25) is 11.6 Å². The molecule has 27 nitrogen and oxygen atoms in total. The summed E-state index contributed by atoms with van der Waals surface area (Å²) in [6, 6.07) is 61.1. The van der Waals surface area contributed by atoms with Gasteiger partial charge < -0.3 is 56.5 Å². The highest BCUT2D eigenvalue weighted by Gasteiger charge is 2.25. The van der Waals surface area contributed by atoms with Crippen molar-refractivity contribution in [3.8, 4) is 28.7 Å². The fourth-order valence-electron chi connectivity index (χ4n) is 10.8. The average Bonchev–Trinajstić information content (AvgIpc) is 0.820.